The first-order valence-electron chi connectivity index (χ1n) is 10.5. The number of para-hydroxylation sites is 1. The molecule has 0 spiro atoms. The van der Waals surface area contributed by atoms with Gasteiger partial charge in [-0.3, -0.25) is 4.90 Å². The van der Waals surface area contributed by atoms with E-state index in [2.05, 4.69) is 23.5 Å². The lowest BCUT2D eigenvalue weighted by atomic mass is 9.86. The maximum absolute atomic E-state index is 12.8. The van der Waals surface area contributed by atoms with Crippen molar-refractivity contribution < 1.29 is 9.53 Å². The molecule has 2 fully saturated rings. The summed E-state index contributed by atoms with van der Waals surface area (Å²) in [5, 5.41) is 12.7. The Bertz CT molecular complexity index is 959. The second-order valence-electron chi connectivity index (χ2n) is 8.72. The molecule has 1 amide bonds. The van der Waals surface area contributed by atoms with Crippen molar-refractivity contribution >= 4 is 17.5 Å². The number of carbonyl (C=O) groups is 1. The Labute approximate surface area is 177 Å². The minimum absolute atomic E-state index is 0.0938. The van der Waals surface area contributed by atoms with Gasteiger partial charge < -0.3 is 15.8 Å². The minimum Gasteiger partial charge on any atom is -0.441 e. The quantitative estimate of drug-likeness (QED) is 0.712. The van der Waals surface area contributed by atoms with Gasteiger partial charge in [-0.2, -0.15) is 5.26 Å². The third kappa shape index (κ3) is 3.68. The van der Waals surface area contributed by atoms with E-state index >= 15 is 0 Å². The van der Waals surface area contributed by atoms with Gasteiger partial charge in [-0.25, -0.2) is 4.79 Å². The van der Waals surface area contributed by atoms with Crippen molar-refractivity contribution in [2.45, 2.75) is 63.3 Å². The zero-order valence-corrected chi connectivity index (χ0v) is 17.5. The highest BCUT2D eigenvalue weighted by atomic mass is 16.6. The number of rotatable bonds is 4. The Morgan fingerprint density at radius 2 is 1.80 bits per heavy atom. The first kappa shape index (κ1) is 20.1. The molecule has 6 heteroatoms. The highest BCUT2D eigenvalue weighted by Crippen LogP contribution is 2.44. The van der Waals surface area contributed by atoms with Crippen molar-refractivity contribution in [2.75, 3.05) is 11.1 Å². The molecule has 1 unspecified atom stereocenters. The Kier molecular flexibility index (Phi) is 5.29. The number of cyclic esters (lactones) is 1. The van der Waals surface area contributed by atoms with Crippen LogP contribution >= 0.6 is 0 Å². The molecule has 30 heavy (non-hydrogen) atoms. The lowest BCUT2D eigenvalue weighted by molar-refractivity contribution is 0.0664. The van der Waals surface area contributed by atoms with E-state index in [1.807, 2.05) is 49.1 Å². The average molecular weight is 405 g/mol. The molecule has 0 bridgehead atoms. The van der Waals surface area contributed by atoms with Crippen molar-refractivity contribution in [3.8, 4) is 6.07 Å². The van der Waals surface area contributed by atoms with Crippen LogP contribution in [0.3, 0.4) is 0 Å². The number of nitrogens with zero attached hydrogens (tertiary/aromatic N) is 2. The Balaban J connectivity index is 1.47. The Morgan fingerprint density at radius 1 is 1.10 bits per heavy atom. The maximum Gasteiger partial charge on any atom is 0.411 e. The van der Waals surface area contributed by atoms with Gasteiger partial charge >= 0.3 is 6.09 Å². The summed E-state index contributed by atoms with van der Waals surface area (Å²) in [6, 6.07) is 18.1. The fraction of sp³-hybridized carbons (Fsp3) is 0.417. The van der Waals surface area contributed by atoms with Gasteiger partial charge in [0.25, 0.3) is 0 Å². The second kappa shape index (κ2) is 7.91. The van der Waals surface area contributed by atoms with Gasteiger partial charge in [-0.15, -0.1) is 0 Å². The lowest BCUT2D eigenvalue weighted by Crippen LogP contribution is -2.44. The number of nitrogens with one attached hydrogen (secondary N) is 1. The van der Waals surface area contributed by atoms with Crippen LogP contribution in [0.4, 0.5) is 16.2 Å². The van der Waals surface area contributed by atoms with E-state index in [1.165, 1.54) is 0 Å². The molecule has 4 rings (SSSR count). The third-order valence-corrected chi connectivity index (χ3v) is 6.29. The van der Waals surface area contributed by atoms with Crippen molar-refractivity contribution in [3.63, 3.8) is 0 Å². The zero-order chi connectivity index (χ0) is 21.3. The standard InChI is InChI=1S/C24H28N4O2/c1-24(2)22(16-7-4-3-5-8-16)28(23(29)30-24)19-13-11-18(12-14-19)27-20-10-6-9-17(15-25)21(20)26/h3-10,18-19,22,27H,11-14,26H2,1-2H3. The monoisotopic (exact) mass is 404 g/mol. The van der Waals surface area contributed by atoms with E-state index in [9.17, 15) is 10.1 Å². The fourth-order valence-corrected chi connectivity index (χ4v) is 4.84. The van der Waals surface area contributed by atoms with Gasteiger partial charge in [0.15, 0.2) is 0 Å². The molecular formula is C24H28N4O2. The summed E-state index contributed by atoms with van der Waals surface area (Å²) >= 11 is 0. The Hall–Kier alpha value is -3.20. The van der Waals surface area contributed by atoms with E-state index in [-0.39, 0.29) is 24.2 Å². The molecule has 1 aliphatic carbocycles. The number of carbonyl (C=O) groups excluding carboxylic acids is 1. The van der Waals surface area contributed by atoms with Crippen LogP contribution in [0.15, 0.2) is 48.5 Å². The topological polar surface area (TPSA) is 91.4 Å². The molecule has 0 radical (unpaired) electrons. The number of benzene rings is 2. The first-order valence-corrected chi connectivity index (χ1v) is 10.5. The highest BCUT2D eigenvalue weighted by Gasteiger charge is 2.51. The van der Waals surface area contributed by atoms with Crippen molar-refractivity contribution in [1.82, 2.24) is 4.90 Å². The molecule has 1 atom stereocenters. The summed E-state index contributed by atoms with van der Waals surface area (Å²) in [7, 11) is 0. The van der Waals surface area contributed by atoms with Gasteiger partial charge in [0.05, 0.1) is 23.0 Å². The van der Waals surface area contributed by atoms with E-state index < -0.39 is 5.60 Å². The SMILES string of the molecule is CC1(C)OC(=O)N(C2CCC(Nc3cccc(C#N)c3N)CC2)C1c1ccccc1. The van der Waals surface area contributed by atoms with Crippen LogP contribution in [-0.4, -0.2) is 28.7 Å². The van der Waals surface area contributed by atoms with Crippen LogP contribution in [-0.2, 0) is 4.74 Å². The van der Waals surface area contributed by atoms with Gasteiger partial charge in [0, 0.05) is 12.1 Å². The van der Waals surface area contributed by atoms with Gasteiger partial charge in [-0.05, 0) is 57.2 Å². The van der Waals surface area contributed by atoms with Crippen LogP contribution in [0.5, 0.6) is 0 Å². The molecule has 2 aliphatic rings. The predicted octanol–water partition coefficient (Wildman–Crippen LogP) is 4.84. The molecule has 2 aromatic rings. The lowest BCUT2D eigenvalue weighted by Gasteiger charge is -2.38. The number of anilines is 2. The van der Waals surface area contributed by atoms with Crippen molar-refractivity contribution in [3.05, 3.63) is 59.7 Å². The summed E-state index contributed by atoms with van der Waals surface area (Å²) in [6.45, 7) is 3.97. The smallest absolute Gasteiger partial charge is 0.411 e. The summed E-state index contributed by atoms with van der Waals surface area (Å²) in [5.41, 5.74) is 8.44. The number of amides is 1. The molecule has 3 N–H and O–H groups in total. The molecule has 2 aromatic carbocycles. The number of nitrogen functional groups attached to an aromatic ring is 1. The number of nitriles is 1. The number of hydrogen-bond acceptors (Lipinski definition) is 5. The van der Waals surface area contributed by atoms with Gasteiger partial charge in [0.1, 0.15) is 11.7 Å². The Morgan fingerprint density at radius 3 is 2.47 bits per heavy atom. The van der Waals surface area contributed by atoms with Crippen LogP contribution < -0.4 is 11.1 Å². The van der Waals surface area contributed by atoms with Crippen LogP contribution in [0.2, 0.25) is 0 Å². The predicted molar refractivity (Wildman–Crippen MR) is 117 cm³/mol. The first-order chi connectivity index (χ1) is 14.4. The largest absolute Gasteiger partial charge is 0.441 e. The summed E-state index contributed by atoms with van der Waals surface area (Å²) in [6.07, 6.45) is 3.41. The zero-order valence-electron chi connectivity index (χ0n) is 17.5. The van der Waals surface area contributed by atoms with E-state index in [0.29, 0.717) is 11.3 Å². The molecule has 1 heterocycles. The number of nitrogens with two attached hydrogens (primary N) is 1. The second-order valence-corrected chi connectivity index (χ2v) is 8.72. The molecule has 1 saturated heterocycles. The fourth-order valence-electron chi connectivity index (χ4n) is 4.84. The average Bonchev–Trinajstić information content (AvgIpc) is 2.99. The number of ether oxygens (including phenoxy) is 1. The minimum atomic E-state index is -0.570. The van der Waals surface area contributed by atoms with Crippen LogP contribution in [0, 0.1) is 11.3 Å². The van der Waals surface area contributed by atoms with Gasteiger partial charge in [-0.1, -0.05) is 36.4 Å². The van der Waals surface area contributed by atoms with Crippen molar-refractivity contribution in [2.24, 2.45) is 0 Å². The van der Waals surface area contributed by atoms with E-state index in [4.69, 9.17) is 10.5 Å². The maximum atomic E-state index is 12.8. The molecule has 156 valence electrons. The van der Waals surface area contributed by atoms with E-state index in [0.717, 1.165) is 36.9 Å². The van der Waals surface area contributed by atoms with Crippen LogP contribution in [0.1, 0.15) is 56.7 Å². The van der Waals surface area contributed by atoms with E-state index in [1.54, 1.807) is 6.07 Å². The van der Waals surface area contributed by atoms with Crippen LogP contribution in [0.25, 0.3) is 0 Å². The molecule has 1 saturated carbocycles. The summed E-state index contributed by atoms with van der Waals surface area (Å²) in [5.74, 6) is 0. The molecule has 0 aromatic heterocycles. The van der Waals surface area contributed by atoms with Crippen molar-refractivity contribution in [1.29, 1.82) is 5.26 Å². The summed E-state index contributed by atoms with van der Waals surface area (Å²) < 4.78 is 5.77. The normalized spacial score (nSPS) is 25.4. The molecule has 6 nitrogen and oxygen atoms in total. The van der Waals surface area contributed by atoms with Gasteiger partial charge in [0.2, 0.25) is 0 Å². The molecular weight excluding hydrogens is 376 g/mol. The number of hydrogen-bond donors (Lipinski definition) is 2. The summed E-state index contributed by atoms with van der Waals surface area (Å²) in [4.78, 5) is 14.8. The highest BCUT2D eigenvalue weighted by molar-refractivity contribution is 5.73. The third-order valence-electron chi connectivity index (χ3n) is 6.29. The molecule has 1 aliphatic heterocycles.